The van der Waals surface area contributed by atoms with Gasteiger partial charge in [0.1, 0.15) is 10.6 Å². The van der Waals surface area contributed by atoms with Crippen molar-refractivity contribution in [3.63, 3.8) is 0 Å². The van der Waals surface area contributed by atoms with E-state index in [4.69, 9.17) is 0 Å². The van der Waals surface area contributed by atoms with Crippen molar-refractivity contribution < 1.29 is 18.6 Å². The van der Waals surface area contributed by atoms with Gasteiger partial charge >= 0.3 is 0 Å². The lowest BCUT2D eigenvalue weighted by Gasteiger charge is -2.25. The number of sulfonamides is 1. The van der Waals surface area contributed by atoms with Gasteiger partial charge in [0, 0.05) is 29.4 Å². The fraction of sp³-hybridized carbons (Fsp3) is 0.242. The molecule has 0 bridgehead atoms. The van der Waals surface area contributed by atoms with Gasteiger partial charge in [-0.2, -0.15) is 14.1 Å². The summed E-state index contributed by atoms with van der Waals surface area (Å²) in [5.41, 5.74) is 2.01. The summed E-state index contributed by atoms with van der Waals surface area (Å²) in [7, 11) is -4.04. The third-order valence-electron chi connectivity index (χ3n) is 7.27. The Balaban J connectivity index is 1.76. The van der Waals surface area contributed by atoms with E-state index in [1.165, 1.54) is 8.99 Å². The average molecular weight is 598 g/mol. The number of phenolic OH excluding ortho intramolecular Hbond substituents is 1. The average Bonchev–Trinajstić information content (AvgIpc) is 3.31. The van der Waals surface area contributed by atoms with Gasteiger partial charge in [-0.15, -0.1) is 10.2 Å². The lowest BCUT2D eigenvalue weighted by Crippen LogP contribution is -2.33. The topological polar surface area (TPSA) is 120 Å². The molecule has 0 fully saturated rings. The predicted octanol–water partition coefficient (Wildman–Crippen LogP) is 8.03. The quantitative estimate of drug-likeness (QED) is 0.149. The van der Waals surface area contributed by atoms with E-state index >= 15 is 0 Å². The van der Waals surface area contributed by atoms with Gasteiger partial charge in [0.05, 0.1) is 11.4 Å². The molecule has 43 heavy (non-hydrogen) atoms. The van der Waals surface area contributed by atoms with E-state index in [2.05, 4.69) is 15.3 Å². The van der Waals surface area contributed by atoms with E-state index in [1.807, 2.05) is 38.1 Å². The third kappa shape index (κ3) is 5.76. The maximum atomic E-state index is 14.4. The number of para-hydroxylation sites is 1. The van der Waals surface area contributed by atoms with E-state index in [9.17, 15) is 18.6 Å². The lowest BCUT2D eigenvalue weighted by atomic mass is 9.98. The highest BCUT2D eigenvalue weighted by Gasteiger charge is 2.33. The lowest BCUT2D eigenvalue weighted by molar-refractivity contribution is 0.402. The van der Waals surface area contributed by atoms with E-state index < -0.39 is 10.0 Å². The van der Waals surface area contributed by atoms with Crippen molar-refractivity contribution in [3.8, 4) is 28.4 Å². The maximum Gasteiger partial charge on any atom is 0.244 e. The highest BCUT2D eigenvalue weighted by Crippen LogP contribution is 2.49. The summed E-state index contributed by atoms with van der Waals surface area (Å²) < 4.78 is 31.7. The number of rotatable bonds is 11. The minimum Gasteiger partial charge on any atom is -0.505 e. The van der Waals surface area contributed by atoms with Crippen LogP contribution in [0, 0.1) is 6.92 Å². The number of hydrogen-bond acceptors (Lipinski definition) is 7. The number of aromatic hydroxyl groups is 2. The second-order valence-electron chi connectivity index (χ2n) is 10.3. The van der Waals surface area contributed by atoms with Gasteiger partial charge < -0.3 is 10.2 Å². The first-order chi connectivity index (χ1) is 20.8. The molecule has 5 rings (SSSR count). The summed E-state index contributed by atoms with van der Waals surface area (Å²) in [5.74, 6) is -0.517. The molecule has 0 saturated heterocycles. The Hall–Kier alpha value is -4.54. The molecule has 0 unspecified atom stereocenters. The van der Waals surface area contributed by atoms with Gasteiger partial charge in [0.25, 0.3) is 0 Å². The summed E-state index contributed by atoms with van der Waals surface area (Å²) in [6.07, 6.45) is 2.22. The summed E-state index contributed by atoms with van der Waals surface area (Å²) >= 11 is 0. The number of hydrogen-bond donors (Lipinski definition) is 2. The van der Waals surface area contributed by atoms with Crippen LogP contribution in [0.2, 0.25) is 0 Å². The molecule has 10 heteroatoms. The fourth-order valence-electron chi connectivity index (χ4n) is 5.16. The first-order valence-electron chi connectivity index (χ1n) is 14.4. The molecule has 0 radical (unpaired) electrons. The van der Waals surface area contributed by atoms with Crippen LogP contribution in [0.25, 0.3) is 27.6 Å². The number of aryl methyl sites for hydroxylation is 1. The highest BCUT2D eigenvalue weighted by molar-refractivity contribution is 7.89. The van der Waals surface area contributed by atoms with Crippen LogP contribution < -0.4 is 0 Å². The Morgan fingerprint density at radius 2 is 1.40 bits per heavy atom. The summed E-state index contributed by atoms with van der Waals surface area (Å²) in [5, 5.41) is 36.9. The van der Waals surface area contributed by atoms with Crippen molar-refractivity contribution in [2.24, 2.45) is 10.2 Å². The Bertz CT molecular complexity index is 1870. The second kappa shape index (κ2) is 12.8. The zero-order valence-electron chi connectivity index (χ0n) is 24.5. The van der Waals surface area contributed by atoms with Gasteiger partial charge in [-0.1, -0.05) is 93.1 Å². The first-order valence-corrected chi connectivity index (χ1v) is 15.8. The summed E-state index contributed by atoms with van der Waals surface area (Å²) in [6.45, 7) is 6.41. The summed E-state index contributed by atoms with van der Waals surface area (Å²) in [6, 6.07) is 25.1. The fourth-order valence-corrected chi connectivity index (χ4v) is 7.13. The van der Waals surface area contributed by atoms with Crippen LogP contribution in [0.3, 0.4) is 0 Å². The van der Waals surface area contributed by atoms with Crippen molar-refractivity contribution in [1.29, 1.82) is 0 Å². The standard InChI is InChI=1S/C33H35N5O4S/c1-4-6-22-37(21-5-2)43(41,42)32-27-20-14-13-19-26(27)30(31(39)28(32)24-15-9-7-10-16-24)35-34-29-23(3)36-38(33(29)40)25-17-11-8-12-18-25/h7-20,39-40H,4-6,21-22H2,1-3H3. The zero-order valence-corrected chi connectivity index (χ0v) is 25.3. The Morgan fingerprint density at radius 1 is 0.791 bits per heavy atom. The van der Waals surface area contributed by atoms with Crippen molar-refractivity contribution in [1.82, 2.24) is 14.1 Å². The molecule has 0 atom stereocenters. The molecule has 9 nitrogen and oxygen atoms in total. The molecule has 0 amide bonds. The molecule has 0 aliphatic rings. The number of benzene rings is 4. The SMILES string of the molecule is CCCCN(CCC)S(=O)(=O)c1c(-c2ccccc2)c(O)c(N=Nc2c(C)nn(-c3ccccc3)c2O)c2ccccc12. The second-order valence-corrected chi connectivity index (χ2v) is 12.2. The molecule has 1 heterocycles. The van der Waals surface area contributed by atoms with E-state index in [-0.39, 0.29) is 33.5 Å². The van der Waals surface area contributed by atoms with Crippen LogP contribution in [0.1, 0.15) is 38.8 Å². The van der Waals surface area contributed by atoms with Gasteiger partial charge in [-0.05, 0) is 37.5 Å². The van der Waals surface area contributed by atoms with Crippen molar-refractivity contribution in [2.45, 2.75) is 44.9 Å². The number of aromatic nitrogens is 2. The number of azo groups is 1. The monoisotopic (exact) mass is 597 g/mol. The van der Waals surface area contributed by atoms with Gasteiger partial charge in [0.15, 0.2) is 11.4 Å². The Kier molecular flexibility index (Phi) is 8.89. The van der Waals surface area contributed by atoms with E-state index in [1.54, 1.807) is 67.6 Å². The molecular formula is C33H35N5O4S. The third-order valence-corrected chi connectivity index (χ3v) is 9.25. The highest BCUT2D eigenvalue weighted by atomic mass is 32.2. The van der Waals surface area contributed by atoms with Crippen LogP contribution >= 0.6 is 0 Å². The van der Waals surface area contributed by atoms with E-state index in [0.29, 0.717) is 47.2 Å². The van der Waals surface area contributed by atoms with Crippen LogP contribution in [-0.2, 0) is 10.0 Å². The molecule has 0 aliphatic carbocycles. The minimum absolute atomic E-state index is 0.0335. The van der Waals surface area contributed by atoms with Crippen LogP contribution in [0.4, 0.5) is 11.4 Å². The van der Waals surface area contributed by atoms with Gasteiger partial charge in [-0.3, -0.25) is 0 Å². The van der Waals surface area contributed by atoms with E-state index in [0.717, 1.165) is 12.8 Å². The Morgan fingerprint density at radius 3 is 2.05 bits per heavy atom. The van der Waals surface area contributed by atoms with Crippen molar-refractivity contribution in [2.75, 3.05) is 13.1 Å². The molecule has 5 aromatic rings. The van der Waals surface area contributed by atoms with Gasteiger partial charge in [-0.25, -0.2) is 8.42 Å². The van der Waals surface area contributed by atoms with Crippen LogP contribution in [-0.4, -0.2) is 45.8 Å². The largest absolute Gasteiger partial charge is 0.505 e. The molecule has 222 valence electrons. The van der Waals surface area contributed by atoms with Crippen molar-refractivity contribution >= 4 is 32.2 Å². The minimum atomic E-state index is -4.04. The molecule has 0 spiro atoms. The van der Waals surface area contributed by atoms with Crippen molar-refractivity contribution in [3.05, 3.63) is 90.6 Å². The number of fused-ring (bicyclic) bond motifs is 1. The molecule has 0 aliphatic heterocycles. The zero-order chi connectivity index (χ0) is 30.6. The Labute approximate surface area is 251 Å². The van der Waals surface area contributed by atoms with Gasteiger partial charge in [0.2, 0.25) is 15.9 Å². The summed E-state index contributed by atoms with van der Waals surface area (Å²) in [4.78, 5) is 0.0335. The first kappa shape index (κ1) is 29.9. The van der Waals surface area contributed by atoms with Crippen LogP contribution in [0.15, 0.2) is 100 Å². The number of unbranched alkanes of at least 4 members (excludes halogenated alkanes) is 1. The predicted molar refractivity (Wildman–Crippen MR) is 169 cm³/mol. The molecule has 4 aromatic carbocycles. The maximum absolute atomic E-state index is 14.4. The molecule has 0 saturated carbocycles. The number of phenols is 1. The molecule has 2 N–H and O–H groups in total. The molecular weight excluding hydrogens is 562 g/mol. The smallest absolute Gasteiger partial charge is 0.244 e. The van der Waals surface area contributed by atoms with Crippen LogP contribution in [0.5, 0.6) is 11.6 Å². The number of nitrogens with zero attached hydrogens (tertiary/aromatic N) is 5. The molecule has 1 aromatic heterocycles. The normalized spacial score (nSPS) is 12.1.